The molecule has 1 saturated heterocycles. The van der Waals surface area contributed by atoms with Crippen LogP contribution in [-0.2, 0) is 10.2 Å². The van der Waals surface area contributed by atoms with Gasteiger partial charge in [-0.1, -0.05) is 15.9 Å². The van der Waals surface area contributed by atoms with Crippen LogP contribution in [0.5, 0.6) is 11.5 Å². The second-order valence-corrected chi connectivity index (χ2v) is 8.37. The van der Waals surface area contributed by atoms with Gasteiger partial charge in [0.25, 0.3) is 0 Å². The average Bonchev–Trinajstić information content (AvgIpc) is 2.91. The van der Waals surface area contributed by atoms with Crippen molar-refractivity contribution in [2.45, 2.75) is 50.7 Å². The predicted molar refractivity (Wildman–Crippen MR) is 96.0 cm³/mol. The minimum Gasteiger partial charge on any atom is -0.493 e. The van der Waals surface area contributed by atoms with Gasteiger partial charge in [-0.15, -0.1) is 0 Å². The zero-order valence-electron chi connectivity index (χ0n) is 14.7. The fraction of sp³-hybridized carbons (Fsp3) is 0.632. The first kappa shape index (κ1) is 16.4. The van der Waals surface area contributed by atoms with Crippen LogP contribution in [0.3, 0.4) is 0 Å². The standard InChI is InChI=1S/C19H24BrNO3/c1-10-13(20)9-15(23-4)17-16(10)19-7-8-21(3)11(2)12(19)5-6-14(22)18(19)24-17/h9,11-12,18H,5-8H2,1-4H3/t11?,12?,18-,19-/m1/s1. The molecule has 4 nitrogen and oxygen atoms in total. The number of carbonyl (C=O) groups excluding carboxylic acids is 1. The Morgan fingerprint density at radius 3 is 2.92 bits per heavy atom. The molecule has 2 aliphatic heterocycles. The Hall–Kier alpha value is -1.07. The number of ether oxygens (including phenoxy) is 2. The topological polar surface area (TPSA) is 38.8 Å². The molecular weight excluding hydrogens is 370 g/mol. The Balaban J connectivity index is 1.99. The monoisotopic (exact) mass is 393 g/mol. The number of halogens is 1. The van der Waals surface area contributed by atoms with Crippen LogP contribution in [0.15, 0.2) is 10.5 Å². The van der Waals surface area contributed by atoms with Crippen molar-refractivity contribution in [1.29, 1.82) is 0 Å². The molecule has 24 heavy (non-hydrogen) atoms. The summed E-state index contributed by atoms with van der Waals surface area (Å²) in [5.74, 6) is 2.19. The first-order valence-electron chi connectivity index (χ1n) is 8.69. The molecule has 0 amide bonds. The lowest BCUT2D eigenvalue weighted by Gasteiger charge is -2.53. The van der Waals surface area contributed by atoms with E-state index in [2.05, 4.69) is 41.7 Å². The summed E-state index contributed by atoms with van der Waals surface area (Å²) >= 11 is 3.68. The van der Waals surface area contributed by atoms with Crippen LogP contribution in [0.4, 0.5) is 0 Å². The molecule has 2 fully saturated rings. The van der Waals surface area contributed by atoms with Crippen molar-refractivity contribution in [3.63, 3.8) is 0 Å². The summed E-state index contributed by atoms with van der Waals surface area (Å²) < 4.78 is 12.9. The quantitative estimate of drug-likeness (QED) is 0.731. The Morgan fingerprint density at radius 2 is 2.21 bits per heavy atom. The van der Waals surface area contributed by atoms with E-state index in [1.165, 1.54) is 11.1 Å². The minimum absolute atomic E-state index is 0.211. The van der Waals surface area contributed by atoms with Gasteiger partial charge in [0.05, 0.1) is 7.11 Å². The van der Waals surface area contributed by atoms with Crippen molar-refractivity contribution in [2.75, 3.05) is 20.7 Å². The smallest absolute Gasteiger partial charge is 0.174 e. The summed E-state index contributed by atoms with van der Waals surface area (Å²) in [4.78, 5) is 15.2. The highest BCUT2D eigenvalue weighted by Gasteiger charge is 2.62. The van der Waals surface area contributed by atoms with Crippen molar-refractivity contribution < 1.29 is 14.3 Å². The summed E-state index contributed by atoms with van der Waals surface area (Å²) in [6.45, 7) is 5.40. The zero-order chi connectivity index (χ0) is 17.2. The molecular formula is C19H24BrNO3. The SMILES string of the molecule is COc1cc(Br)c(C)c2c1O[C@@H]1C(=O)CCC3C(C)N(C)CC[C@]231. The number of benzene rings is 1. The minimum atomic E-state index is -0.357. The maximum absolute atomic E-state index is 12.8. The highest BCUT2D eigenvalue weighted by molar-refractivity contribution is 9.10. The van der Waals surface area contributed by atoms with Gasteiger partial charge in [-0.05, 0) is 57.8 Å². The number of nitrogens with zero attached hydrogens (tertiary/aromatic N) is 1. The van der Waals surface area contributed by atoms with Crippen molar-refractivity contribution >= 4 is 21.7 Å². The third-order valence-electron chi connectivity index (χ3n) is 6.64. The Bertz CT molecular complexity index is 719. The highest BCUT2D eigenvalue weighted by Crippen LogP contribution is 2.61. The number of Topliss-reactive ketones (excluding diaryl/α,β-unsaturated/α-hetero) is 1. The largest absolute Gasteiger partial charge is 0.493 e. The van der Waals surface area contributed by atoms with Crippen LogP contribution in [0.25, 0.3) is 0 Å². The van der Waals surface area contributed by atoms with Crippen LogP contribution >= 0.6 is 15.9 Å². The number of hydrogen-bond acceptors (Lipinski definition) is 4. The summed E-state index contributed by atoms with van der Waals surface area (Å²) in [7, 11) is 3.85. The second kappa shape index (κ2) is 5.46. The third-order valence-corrected chi connectivity index (χ3v) is 7.47. The molecule has 5 heteroatoms. The van der Waals surface area contributed by atoms with E-state index < -0.39 is 0 Å². The number of likely N-dealkylation sites (tertiary alicyclic amines) is 1. The lowest BCUT2D eigenvalue weighted by Crippen LogP contribution is -2.62. The molecule has 1 saturated carbocycles. The van der Waals surface area contributed by atoms with Crippen LogP contribution in [0.2, 0.25) is 0 Å². The van der Waals surface area contributed by atoms with Gasteiger partial charge in [-0.3, -0.25) is 4.79 Å². The normalized spacial score (nSPS) is 35.0. The predicted octanol–water partition coefficient (Wildman–Crippen LogP) is 3.47. The first-order chi connectivity index (χ1) is 11.4. The lowest BCUT2D eigenvalue weighted by atomic mass is 9.55. The number of methoxy groups -OCH3 is 1. The second-order valence-electron chi connectivity index (χ2n) is 7.51. The molecule has 4 rings (SSSR count). The molecule has 2 heterocycles. The van der Waals surface area contributed by atoms with Gasteiger partial charge in [0.2, 0.25) is 0 Å². The number of rotatable bonds is 1. The maximum atomic E-state index is 12.8. The number of hydrogen-bond donors (Lipinski definition) is 0. The van der Waals surface area contributed by atoms with Crippen molar-refractivity contribution in [3.8, 4) is 11.5 Å². The molecule has 3 aliphatic rings. The van der Waals surface area contributed by atoms with E-state index in [0.717, 1.165) is 35.4 Å². The van der Waals surface area contributed by atoms with Gasteiger partial charge in [0, 0.05) is 27.9 Å². The van der Waals surface area contributed by atoms with E-state index in [4.69, 9.17) is 9.47 Å². The van der Waals surface area contributed by atoms with Crippen LogP contribution in [0.1, 0.15) is 37.3 Å². The molecule has 0 bridgehead atoms. The molecule has 1 aliphatic carbocycles. The lowest BCUT2D eigenvalue weighted by molar-refractivity contribution is -0.137. The molecule has 0 aromatic heterocycles. The van der Waals surface area contributed by atoms with Gasteiger partial charge < -0.3 is 14.4 Å². The average molecular weight is 394 g/mol. The fourth-order valence-corrected chi connectivity index (χ4v) is 5.70. The van der Waals surface area contributed by atoms with E-state index in [9.17, 15) is 4.79 Å². The molecule has 1 aromatic rings. The number of piperidine rings is 1. The Kier molecular flexibility index (Phi) is 3.73. The van der Waals surface area contributed by atoms with Crippen molar-refractivity contribution in [1.82, 2.24) is 4.90 Å². The van der Waals surface area contributed by atoms with Crippen LogP contribution in [-0.4, -0.2) is 43.5 Å². The zero-order valence-corrected chi connectivity index (χ0v) is 16.3. The van der Waals surface area contributed by atoms with Gasteiger partial charge >= 0.3 is 0 Å². The summed E-state index contributed by atoms with van der Waals surface area (Å²) in [6, 6.07) is 2.40. The summed E-state index contributed by atoms with van der Waals surface area (Å²) in [5, 5.41) is 0. The fourth-order valence-electron chi connectivity index (χ4n) is 5.29. The Labute approximate surface area is 151 Å². The van der Waals surface area contributed by atoms with Crippen molar-refractivity contribution in [2.24, 2.45) is 5.92 Å². The summed E-state index contributed by atoms with van der Waals surface area (Å²) in [5.41, 5.74) is 2.18. The van der Waals surface area contributed by atoms with E-state index in [-0.39, 0.29) is 17.3 Å². The molecule has 0 N–H and O–H groups in total. The Morgan fingerprint density at radius 1 is 1.46 bits per heavy atom. The van der Waals surface area contributed by atoms with E-state index in [0.29, 0.717) is 18.4 Å². The van der Waals surface area contributed by atoms with E-state index >= 15 is 0 Å². The molecule has 130 valence electrons. The maximum Gasteiger partial charge on any atom is 0.174 e. The molecule has 2 unspecified atom stereocenters. The van der Waals surface area contributed by atoms with Gasteiger partial charge in [0.15, 0.2) is 23.4 Å². The third kappa shape index (κ3) is 1.91. The van der Waals surface area contributed by atoms with Gasteiger partial charge in [0.1, 0.15) is 0 Å². The highest BCUT2D eigenvalue weighted by atomic mass is 79.9. The number of ketones is 1. The van der Waals surface area contributed by atoms with Crippen LogP contribution in [0, 0.1) is 12.8 Å². The van der Waals surface area contributed by atoms with Gasteiger partial charge in [-0.25, -0.2) is 0 Å². The van der Waals surface area contributed by atoms with Crippen LogP contribution < -0.4 is 9.47 Å². The number of fused-ring (bicyclic) bond motifs is 1. The van der Waals surface area contributed by atoms with E-state index in [1.54, 1.807) is 7.11 Å². The summed E-state index contributed by atoms with van der Waals surface area (Å²) in [6.07, 6.45) is 2.16. The number of carbonyl (C=O) groups is 1. The van der Waals surface area contributed by atoms with Gasteiger partial charge in [-0.2, -0.15) is 0 Å². The molecule has 4 atom stereocenters. The molecule has 1 aromatic carbocycles. The first-order valence-corrected chi connectivity index (χ1v) is 9.48. The molecule has 1 spiro atoms. The molecule has 0 radical (unpaired) electrons. The van der Waals surface area contributed by atoms with Crippen molar-refractivity contribution in [3.05, 3.63) is 21.7 Å². The van der Waals surface area contributed by atoms with E-state index in [1.807, 2.05) is 6.07 Å².